The van der Waals surface area contributed by atoms with Gasteiger partial charge in [-0.15, -0.1) is 0 Å². The van der Waals surface area contributed by atoms with Crippen LogP contribution in [0.1, 0.15) is 22.5 Å². The van der Waals surface area contributed by atoms with Gasteiger partial charge in [-0.25, -0.2) is 4.98 Å². The van der Waals surface area contributed by atoms with Crippen molar-refractivity contribution in [1.29, 1.82) is 0 Å². The Bertz CT molecular complexity index is 1260. The van der Waals surface area contributed by atoms with Crippen LogP contribution in [0.2, 0.25) is 0 Å². The van der Waals surface area contributed by atoms with Gasteiger partial charge in [0.2, 0.25) is 5.91 Å². The van der Waals surface area contributed by atoms with Gasteiger partial charge in [-0.2, -0.15) is 0 Å². The Kier molecular flexibility index (Phi) is 6.17. The summed E-state index contributed by atoms with van der Waals surface area (Å²) in [5, 5.41) is 1.06. The van der Waals surface area contributed by atoms with Gasteiger partial charge in [-0.05, 0) is 36.8 Å². The molecule has 32 heavy (non-hydrogen) atoms. The number of rotatable bonds is 7. The van der Waals surface area contributed by atoms with Crippen molar-refractivity contribution in [2.75, 3.05) is 12.8 Å². The number of hydrogen-bond acceptors (Lipinski definition) is 6. The molecule has 0 unspecified atom stereocenters. The molecule has 0 fully saturated rings. The number of pyridine rings is 2. The van der Waals surface area contributed by atoms with E-state index in [0.717, 1.165) is 27.9 Å². The van der Waals surface area contributed by atoms with Crippen molar-refractivity contribution in [3.63, 3.8) is 0 Å². The van der Waals surface area contributed by atoms with Gasteiger partial charge in [0.05, 0.1) is 6.54 Å². The van der Waals surface area contributed by atoms with Crippen LogP contribution in [0.4, 0.5) is 5.82 Å². The zero-order valence-corrected chi connectivity index (χ0v) is 18.0. The van der Waals surface area contributed by atoms with E-state index in [1.807, 2.05) is 43.3 Å². The van der Waals surface area contributed by atoms with Crippen LogP contribution in [0, 0.1) is 6.92 Å². The Labute approximate surface area is 186 Å². The summed E-state index contributed by atoms with van der Waals surface area (Å²) in [5.41, 5.74) is 9.43. The summed E-state index contributed by atoms with van der Waals surface area (Å²) in [6.45, 7) is 2.71. The SMILES string of the molecule is Cc1c(CN(C)C(=O)C=Cc2cnc(N)c(OCc3cccnc3)c2)oc2ccccc12. The number of anilines is 1. The maximum atomic E-state index is 12.6. The van der Waals surface area contributed by atoms with E-state index in [1.165, 1.54) is 6.08 Å². The number of carbonyl (C=O) groups is 1. The second kappa shape index (κ2) is 9.34. The zero-order valence-electron chi connectivity index (χ0n) is 18.0. The fraction of sp³-hybridized carbons (Fsp3) is 0.160. The maximum Gasteiger partial charge on any atom is 0.246 e. The number of benzene rings is 1. The summed E-state index contributed by atoms with van der Waals surface area (Å²) in [4.78, 5) is 22.5. The van der Waals surface area contributed by atoms with Crippen LogP contribution in [0.5, 0.6) is 5.75 Å². The lowest BCUT2D eigenvalue weighted by Gasteiger charge is -2.14. The highest BCUT2D eigenvalue weighted by molar-refractivity contribution is 5.91. The number of aryl methyl sites for hydroxylation is 1. The Morgan fingerprint density at radius 3 is 2.84 bits per heavy atom. The van der Waals surface area contributed by atoms with Gasteiger partial charge in [-0.1, -0.05) is 24.3 Å². The van der Waals surface area contributed by atoms with Crippen LogP contribution in [0.25, 0.3) is 17.0 Å². The number of amides is 1. The number of likely N-dealkylation sites (N-methyl/N-ethyl adjacent to an activating group) is 1. The summed E-state index contributed by atoms with van der Waals surface area (Å²) in [5.74, 6) is 1.36. The van der Waals surface area contributed by atoms with Gasteiger partial charge >= 0.3 is 0 Å². The molecule has 1 aromatic carbocycles. The molecule has 1 amide bonds. The fourth-order valence-corrected chi connectivity index (χ4v) is 3.29. The van der Waals surface area contributed by atoms with Gasteiger partial charge in [0.15, 0.2) is 11.6 Å². The van der Waals surface area contributed by atoms with Gasteiger partial charge in [0, 0.05) is 48.2 Å². The molecule has 3 aromatic heterocycles. The van der Waals surface area contributed by atoms with Crippen molar-refractivity contribution in [2.45, 2.75) is 20.1 Å². The summed E-state index contributed by atoms with van der Waals surface area (Å²) in [6, 6.07) is 13.4. The molecule has 0 saturated heterocycles. The number of nitrogen functional groups attached to an aromatic ring is 1. The van der Waals surface area contributed by atoms with Crippen LogP contribution in [-0.4, -0.2) is 27.8 Å². The largest absolute Gasteiger partial charge is 0.485 e. The smallest absolute Gasteiger partial charge is 0.246 e. The van der Waals surface area contributed by atoms with E-state index in [0.29, 0.717) is 24.5 Å². The minimum atomic E-state index is -0.153. The van der Waals surface area contributed by atoms with E-state index >= 15 is 0 Å². The molecule has 0 aliphatic rings. The molecule has 0 saturated carbocycles. The third-order valence-corrected chi connectivity index (χ3v) is 5.14. The Hall–Kier alpha value is -4.13. The third-order valence-electron chi connectivity index (χ3n) is 5.14. The highest BCUT2D eigenvalue weighted by Crippen LogP contribution is 2.26. The fourth-order valence-electron chi connectivity index (χ4n) is 3.29. The summed E-state index contributed by atoms with van der Waals surface area (Å²) in [6.07, 6.45) is 8.21. The normalized spacial score (nSPS) is 11.2. The topological polar surface area (TPSA) is 94.5 Å². The van der Waals surface area contributed by atoms with Crippen LogP contribution in [-0.2, 0) is 17.9 Å². The number of para-hydroxylation sites is 1. The van der Waals surface area contributed by atoms with Gasteiger partial charge in [-0.3, -0.25) is 9.78 Å². The highest BCUT2D eigenvalue weighted by atomic mass is 16.5. The van der Waals surface area contributed by atoms with Crippen molar-refractivity contribution < 1.29 is 13.9 Å². The van der Waals surface area contributed by atoms with Gasteiger partial charge in [0.25, 0.3) is 0 Å². The van der Waals surface area contributed by atoms with Crippen molar-refractivity contribution >= 4 is 28.8 Å². The first kappa shape index (κ1) is 21.1. The van der Waals surface area contributed by atoms with E-state index < -0.39 is 0 Å². The molecule has 4 rings (SSSR count). The van der Waals surface area contributed by atoms with E-state index in [1.54, 1.807) is 42.7 Å². The quantitative estimate of drug-likeness (QED) is 0.440. The average Bonchev–Trinajstić information content (AvgIpc) is 3.13. The van der Waals surface area contributed by atoms with Gasteiger partial charge < -0.3 is 19.8 Å². The molecular weight excluding hydrogens is 404 g/mol. The number of nitrogens with two attached hydrogens (primary N) is 1. The number of hydrogen-bond donors (Lipinski definition) is 1. The van der Waals surface area contributed by atoms with Crippen molar-refractivity contribution in [3.05, 3.63) is 89.6 Å². The molecule has 2 N–H and O–H groups in total. The molecule has 0 aliphatic heterocycles. The van der Waals surface area contributed by atoms with Gasteiger partial charge in [0.1, 0.15) is 18.0 Å². The average molecular weight is 428 g/mol. The number of nitrogens with zero attached hydrogens (tertiary/aromatic N) is 3. The Morgan fingerprint density at radius 1 is 1.22 bits per heavy atom. The summed E-state index contributed by atoms with van der Waals surface area (Å²) < 4.78 is 11.7. The first-order valence-electron chi connectivity index (χ1n) is 10.2. The molecular formula is C25H24N4O3. The Morgan fingerprint density at radius 2 is 2.06 bits per heavy atom. The third kappa shape index (κ3) is 4.78. The molecule has 7 heteroatoms. The number of aromatic nitrogens is 2. The van der Waals surface area contributed by atoms with Crippen LogP contribution in [0.15, 0.2) is 71.5 Å². The predicted molar refractivity (Wildman–Crippen MR) is 124 cm³/mol. The molecule has 7 nitrogen and oxygen atoms in total. The lowest BCUT2D eigenvalue weighted by Crippen LogP contribution is -2.24. The molecule has 0 aliphatic carbocycles. The molecule has 0 spiro atoms. The molecule has 0 bridgehead atoms. The second-order valence-electron chi connectivity index (χ2n) is 7.48. The molecule has 0 radical (unpaired) electrons. The van der Waals surface area contributed by atoms with Crippen LogP contribution < -0.4 is 10.5 Å². The maximum absolute atomic E-state index is 12.6. The Balaban J connectivity index is 1.41. The van der Waals surface area contributed by atoms with E-state index in [-0.39, 0.29) is 11.7 Å². The van der Waals surface area contributed by atoms with Crippen LogP contribution in [0.3, 0.4) is 0 Å². The summed E-state index contributed by atoms with van der Waals surface area (Å²) in [7, 11) is 1.74. The number of fused-ring (bicyclic) bond motifs is 1. The monoisotopic (exact) mass is 428 g/mol. The van der Waals surface area contributed by atoms with Crippen LogP contribution >= 0.6 is 0 Å². The zero-order chi connectivity index (χ0) is 22.5. The minimum Gasteiger partial charge on any atom is -0.485 e. The molecule has 4 aromatic rings. The first-order chi connectivity index (χ1) is 15.5. The van der Waals surface area contributed by atoms with Crippen molar-refractivity contribution in [3.8, 4) is 5.75 Å². The lowest BCUT2D eigenvalue weighted by molar-refractivity contribution is -0.125. The van der Waals surface area contributed by atoms with E-state index in [2.05, 4.69) is 9.97 Å². The highest BCUT2D eigenvalue weighted by Gasteiger charge is 2.14. The molecule has 0 atom stereocenters. The lowest BCUT2D eigenvalue weighted by atomic mass is 10.1. The van der Waals surface area contributed by atoms with Crippen molar-refractivity contribution in [2.24, 2.45) is 0 Å². The second-order valence-corrected chi connectivity index (χ2v) is 7.48. The van der Waals surface area contributed by atoms with E-state index in [9.17, 15) is 4.79 Å². The molecule has 162 valence electrons. The van der Waals surface area contributed by atoms with E-state index in [4.69, 9.17) is 14.9 Å². The standard InChI is InChI=1S/C25H24N4O3/c1-17-20-7-3-4-8-21(20)32-23(17)15-29(2)24(30)10-9-18-12-22(25(26)28-14-18)31-16-19-6-5-11-27-13-19/h3-14H,15-16H2,1-2H3,(H2,26,28). The predicted octanol–water partition coefficient (Wildman–Crippen LogP) is 4.36. The summed E-state index contributed by atoms with van der Waals surface area (Å²) >= 11 is 0. The molecule has 3 heterocycles. The van der Waals surface area contributed by atoms with Crippen molar-refractivity contribution in [1.82, 2.24) is 14.9 Å². The number of carbonyl (C=O) groups excluding carboxylic acids is 1. The minimum absolute atomic E-state index is 0.153. The first-order valence-corrected chi connectivity index (χ1v) is 10.2. The number of furan rings is 1. The number of ether oxygens (including phenoxy) is 1.